The van der Waals surface area contributed by atoms with Crippen LogP contribution in [0.15, 0.2) is 48.8 Å². The third-order valence-corrected chi connectivity index (χ3v) is 2.83. The molecule has 1 heterocycles. The number of ether oxygens (including phenoxy) is 1. The van der Waals surface area contributed by atoms with Gasteiger partial charge in [0.25, 0.3) is 0 Å². The van der Waals surface area contributed by atoms with Gasteiger partial charge in [0.2, 0.25) is 0 Å². The zero-order valence-corrected chi connectivity index (χ0v) is 11.5. The lowest BCUT2D eigenvalue weighted by Crippen LogP contribution is -2.15. The van der Waals surface area contributed by atoms with Crippen molar-refractivity contribution in [2.45, 2.75) is 12.8 Å². The molecule has 5 nitrogen and oxygen atoms in total. The number of amides is 1. The van der Waals surface area contributed by atoms with E-state index in [1.165, 1.54) is 0 Å². The Balaban J connectivity index is 1.75. The van der Waals surface area contributed by atoms with E-state index in [0.717, 1.165) is 11.1 Å². The van der Waals surface area contributed by atoms with E-state index < -0.39 is 6.09 Å². The van der Waals surface area contributed by atoms with Crippen molar-refractivity contribution in [1.82, 2.24) is 4.98 Å². The van der Waals surface area contributed by atoms with Crippen LogP contribution in [0.1, 0.15) is 11.1 Å². The summed E-state index contributed by atoms with van der Waals surface area (Å²) >= 11 is 0. The second-order valence-corrected chi connectivity index (χ2v) is 4.40. The van der Waals surface area contributed by atoms with Crippen LogP contribution in [-0.2, 0) is 17.6 Å². The fraction of sp³-hybridized carbons (Fsp3) is 0.188. The fourth-order valence-electron chi connectivity index (χ4n) is 1.76. The number of anilines is 1. The zero-order valence-electron chi connectivity index (χ0n) is 11.5. The maximum atomic E-state index is 11.6. The Morgan fingerprint density at radius 1 is 1.24 bits per heavy atom. The van der Waals surface area contributed by atoms with Gasteiger partial charge in [-0.15, -0.1) is 0 Å². The zero-order chi connectivity index (χ0) is 14.9. The molecule has 5 heteroatoms. The molecule has 0 fully saturated rings. The summed E-state index contributed by atoms with van der Waals surface area (Å²) < 4.78 is 5.10. The molecule has 0 aliphatic carbocycles. The predicted octanol–water partition coefficient (Wildman–Crippen LogP) is 2.94. The first-order valence-corrected chi connectivity index (χ1v) is 6.56. The summed E-state index contributed by atoms with van der Waals surface area (Å²) in [6.07, 6.45) is 3.94. The Bertz CT molecular complexity index is 618. The van der Waals surface area contributed by atoms with Crippen molar-refractivity contribution in [1.29, 1.82) is 5.26 Å². The molecule has 106 valence electrons. The minimum absolute atomic E-state index is 0.296. The molecule has 0 aliphatic rings. The van der Waals surface area contributed by atoms with E-state index in [4.69, 9.17) is 10.00 Å². The van der Waals surface area contributed by atoms with Crippen LogP contribution >= 0.6 is 0 Å². The number of hydrogen-bond acceptors (Lipinski definition) is 4. The summed E-state index contributed by atoms with van der Waals surface area (Å²) in [5.41, 5.74) is 2.57. The number of pyridine rings is 1. The third kappa shape index (κ3) is 4.96. The molecule has 2 rings (SSSR count). The van der Waals surface area contributed by atoms with Crippen molar-refractivity contribution >= 4 is 11.8 Å². The molecule has 1 amide bonds. The lowest BCUT2D eigenvalue weighted by atomic mass is 10.1. The average Bonchev–Trinajstić information content (AvgIpc) is 2.51. The van der Waals surface area contributed by atoms with Gasteiger partial charge < -0.3 is 4.74 Å². The van der Waals surface area contributed by atoms with Crippen LogP contribution in [0.4, 0.5) is 10.5 Å². The van der Waals surface area contributed by atoms with E-state index in [0.29, 0.717) is 25.1 Å². The van der Waals surface area contributed by atoms with Crippen LogP contribution in [-0.4, -0.2) is 17.7 Å². The maximum Gasteiger partial charge on any atom is 0.411 e. The van der Waals surface area contributed by atoms with Crippen molar-refractivity contribution in [2.24, 2.45) is 0 Å². The van der Waals surface area contributed by atoms with E-state index in [1.807, 2.05) is 12.1 Å². The molecule has 0 saturated heterocycles. The molecule has 0 saturated carbocycles. The van der Waals surface area contributed by atoms with Crippen LogP contribution in [0.5, 0.6) is 0 Å². The minimum atomic E-state index is -0.494. The summed E-state index contributed by atoms with van der Waals surface area (Å²) in [5, 5.41) is 11.2. The van der Waals surface area contributed by atoms with Crippen LogP contribution in [0.25, 0.3) is 0 Å². The summed E-state index contributed by atoms with van der Waals surface area (Å²) in [7, 11) is 0. The average molecular weight is 281 g/mol. The molecule has 0 atom stereocenters. The highest BCUT2D eigenvalue weighted by molar-refractivity contribution is 5.84. The van der Waals surface area contributed by atoms with E-state index in [-0.39, 0.29) is 0 Å². The normalized spacial score (nSPS) is 9.67. The number of nitriles is 1. The van der Waals surface area contributed by atoms with Crippen molar-refractivity contribution in [2.75, 3.05) is 11.9 Å². The number of carbonyl (C=O) groups is 1. The fourth-order valence-corrected chi connectivity index (χ4v) is 1.76. The first-order chi connectivity index (χ1) is 10.3. The number of benzene rings is 1. The third-order valence-electron chi connectivity index (χ3n) is 2.83. The maximum absolute atomic E-state index is 11.6. The second kappa shape index (κ2) is 7.65. The van der Waals surface area contributed by atoms with Crippen LogP contribution in [0.3, 0.4) is 0 Å². The number of hydrogen-bond donors (Lipinski definition) is 1. The van der Waals surface area contributed by atoms with Gasteiger partial charge in [0, 0.05) is 24.5 Å². The first-order valence-electron chi connectivity index (χ1n) is 6.56. The van der Waals surface area contributed by atoms with E-state index >= 15 is 0 Å². The van der Waals surface area contributed by atoms with Gasteiger partial charge in [0.15, 0.2) is 0 Å². The number of aromatic nitrogens is 1. The predicted molar refractivity (Wildman–Crippen MR) is 78.7 cm³/mol. The quantitative estimate of drug-likeness (QED) is 0.914. The Kier molecular flexibility index (Phi) is 5.30. The molecule has 1 aromatic carbocycles. The van der Waals surface area contributed by atoms with Gasteiger partial charge in [0.1, 0.15) is 0 Å². The lowest BCUT2D eigenvalue weighted by Gasteiger charge is -2.07. The van der Waals surface area contributed by atoms with Crippen molar-refractivity contribution in [3.05, 3.63) is 59.9 Å². The standard InChI is InChI=1S/C16H15N3O2/c17-9-7-13-3-5-15(6-4-13)19-16(20)21-11-8-14-2-1-10-18-12-14/h1-6,10,12H,7-8,11H2,(H,19,20). The Hall–Kier alpha value is -2.87. The van der Waals surface area contributed by atoms with Gasteiger partial charge in [-0.25, -0.2) is 4.79 Å². The molecule has 1 N–H and O–H groups in total. The van der Waals surface area contributed by atoms with Crippen LogP contribution in [0, 0.1) is 11.3 Å². The van der Waals surface area contributed by atoms with Crippen molar-refractivity contribution in [3.8, 4) is 6.07 Å². The molecule has 0 aliphatic heterocycles. The number of rotatable bonds is 5. The van der Waals surface area contributed by atoms with E-state index in [2.05, 4.69) is 16.4 Å². The monoisotopic (exact) mass is 281 g/mol. The van der Waals surface area contributed by atoms with Gasteiger partial charge in [-0.1, -0.05) is 18.2 Å². The molecule has 0 radical (unpaired) electrons. The molecule has 2 aromatic rings. The van der Waals surface area contributed by atoms with E-state index in [9.17, 15) is 4.79 Å². The summed E-state index contributed by atoms with van der Waals surface area (Å²) in [6.45, 7) is 0.296. The molecular formula is C16H15N3O2. The number of carbonyl (C=O) groups excluding carboxylic acids is 1. The van der Waals surface area contributed by atoms with Gasteiger partial charge in [-0.05, 0) is 29.3 Å². The van der Waals surface area contributed by atoms with E-state index in [1.54, 1.807) is 36.7 Å². The highest BCUT2D eigenvalue weighted by Crippen LogP contribution is 2.10. The van der Waals surface area contributed by atoms with Crippen LogP contribution in [0.2, 0.25) is 0 Å². The summed E-state index contributed by atoms with van der Waals surface area (Å²) in [6, 6.07) is 12.9. The highest BCUT2D eigenvalue weighted by Gasteiger charge is 2.03. The number of nitrogens with zero attached hydrogens (tertiary/aromatic N) is 2. The minimum Gasteiger partial charge on any atom is -0.449 e. The molecule has 0 spiro atoms. The van der Waals surface area contributed by atoms with Crippen LogP contribution < -0.4 is 5.32 Å². The second-order valence-electron chi connectivity index (χ2n) is 4.40. The molecular weight excluding hydrogens is 266 g/mol. The molecule has 0 bridgehead atoms. The van der Waals surface area contributed by atoms with Gasteiger partial charge in [0.05, 0.1) is 19.1 Å². The molecule has 1 aromatic heterocycles. The molecule has 0 unspecified atom stereocenters. The van der Waals surface area contributed by atoms with Gasteiger partial charge in [-0.3, -0.25) is 10.3 Å². The number of nitrogens with one attached hydrogen (secondary N) is 1. The Labute approximate surface area is 123 Å². The van der Waals surface area contributed by atoms with Crippen molar-refractivity contribution < 1.29 is 9.53 Å². The molecule has 21 heavy (non-hydrogen) atoms. The smallest absolute Gasteiger partial charge is 0.411 e. The van der Waals surface area contributed by atoms with Gasteiger partial charge in [-0.2, -0.15) is 5.26 Å². The largest absolute Gasteiger partial charge is 0.449 e. The Morgan fingerprint density at radius 2 is 2.05 bits per heavy atom. The Morgan fingerprint density at radius 3 is 2.71 bits per heavy atom. The topological polar surface area (TPSA) is 75.0 Å². The lowest BCUT2D eigenvalue weighted by molar-refractivity contribution is 0.163. The van der Waals surface area contributed by atoms with Crippen molar-refractivity contribution in [3.63, 3.8) is 0 Å². The SMILES string of the molecule is N#CCc1ccc(NC(=O)OCCc2cccnc2)cc1. The summed E-state index contributed by atoms with van der Waals surface area (Å²) in [5.74, 6) is 0. The van der Waals surface area contributed by atoms with Gasteiger partial charge >= 0.3 is 6.09 Å². The first kappa shape index (κ1) is 14.5. The summed E-state index contributed by atoms with van der Waals surface area (Å²) in [4.78, 5) is 15.6. The highest BCUT2D eigenvalue weighted by atomic mass is 16.5.